The second-order valence-electron chi connectivity index (χ2n) is 7.34. The molecule has 0 saturated heterocycles. The van der Waals surface area contributed by atoms with E-state index in [0.29, 0.717) is 0 Å². The van der Waals surface area contributed by atoms with Crippen LogP contribution in [0.3, 0.4) is 0 Å². The zero-order chi connectivity index (χ0) is 20.7. The fourth-order valence-corrected chi connectivity index (χ4v) is 7.52. The third-order valence-electron chi connectivity index (χ3n) is 4.47. The van der Waals surface area contributed by atoms with Gasteiger partial charge in [0, 0.05) is 5.75 Å². The van der Waals surface area contributed by atoms with Crippen LogP contribution < -0.4 is 14.7 Å². The predicted octanol–water partition coefficient (Wildman–Crippen LogP) is 6.47. The Morgan fingerprint density at radius 1 is 0.828 bits per heavy atom. The van der Waals surface area contributed by atoms with E-state index in [0.717, 1.165) is 22.6 Å². The van der Waals surface area contributed by atoms with Gasteiger partial charge in [0.25, 0.3) is 0 Å². The van der Waals surface area contributed by atoms with Crippen molar-refractivity contribution in [3.63, 3.8) is 0 Å². The first-order valence-corrected chi connectivity index (χ1v) is 13.7. The van der Waals surface area contributed by atoms with Crippen molar-refractivity contribution < 1.29 is 18.3 Å². The van der Waals surface area contributed by atoms with Crippen molar-refractivity contribution in [1.82, 2.24) is 0 Å². The standard InChI is InChI=1S/C23H24F2O2SSi/c1-29(2,22-13-11-20(12-14-22)27-23(24)25)17-28-16-18-7-6-10-21(15-18)26-19-8-4-3-5-9-19/h3-15,23H,16-17H2,1-2H3. The minimum absolute atomic E-state index is 0.205. The van der Waals surface area contributed by atoms with Crippen molar-refractivity contribution in [3.8, 4) is 17.2 Å². The maximum absolute atomic E-state index is 12.3. The SMILES string of the molecule is C[Si](C)(CSCc1cccc(Oc2ccccc2)c1)c1ccc(OC(F)F)cc1. The molecule has 0 atom stereocenters. The van der Waals surface area contributed by atoms with Crippen LogP contribution in [0.5, 0.6) is 17.2 Å². The Morgan fingerprint density at radius 3 is 2.21 bits per heavy atom. The van der Waals surface area contributed by atoms with Gasteiger partial charge in [-0.25, -0.2) is 0 Å². The van der Waals surface area contributed by atoms with Crippen molar-refractivity contribution in [1.29, 1.82) is 0 Å². The molecular formula is C23H24F2O2SSi. The van der Waals surface area contributed by atoms with E-state index in [1.54, 1.807) is 12.1 Å². The second-order valence-corrected chi connectivity index (χ2v) is 13.5. The molecule has 0 heterocycles. The summed E-state index contributed by atoms with van der Waals surface area (Å²) in [5, 5.41) is 2.26. The highest BCUT2D eigenvalue weighted by molar-refractivity contribution is 8.00. The summed E-state index contributed by atoms with van der Waals surface area (Å²) in [4.78, 5) is 0. The molecule has 0 bridgehead atoms. The van der Waals surface area contributed by atoms with Crippen LogP contribution >= 0.6 is 11.8 Å². The molecule has 0 unspecified atom stereocenters. The Morgan fingerprint density at radius 2 is 1.52 bits per heavy atom. The maximum Gasteiger partial charge on any atom is 0.387 e. The van der Waals surface area contributed by atoms with Crippen LogP contribution in [-0.2, 0) is 5.75 Å². The number of halogens is 2. The number of thioether (sulfide) groups is 1. The number of hydrogen-bond donors (Lipinski definition) is 0. The summed E-state index contributed by atoms with van der Waals surface area (Å²) in [6.07, 6.45) is 0. The van der Waals surface area contributed by atoms with Gasteiger partial charge in [0.1, 0.15) is 17.2 Å². The molecule has 0 spiro atoms. The van der Waals surface area contributed by atoms with Crippen LogP contribution in [0.2, 0.25) is 13.1 Å². The van der Waals surface area contributed by atoms with E-state index >= 15 is 0 Å². The third-order valence-corrected chi connectivity index (χ3v) is 10.6. The van der Waals surface area contributed by atoms with Gasteiger partial charge < -0.3 is 9.47 Å². The molecular weight excluding hydrogens is 406 g/mol. The van der Waals surface area contributed by atoms with Gasteiger partial charge in [0.15, 0.2) is 0 Å². The Labute approximate surface area is 175 Å². The van der Waals surface area contributed by atoms with Crippen molar-refractivity contribution in [2.45, 2.75) is 25.5 Å². The van der Waals surface area contributed by atoms with E-state index in [2.05, 4.69) is 30.0 Å². The van der Waals surface area contributed by atoms with Crippen LogP contribution in [0.15, 0.2) is 78.9 Å². The lowest BCUT2D eigenvalue weighted by atomic mass is 10.2. The number of para-hydroxylation sites is 1. The van der Waals surface area contributed by atoms with Crippen molar-refractivity contribution in [2.75, 3.05) is 5.38 Å². The summed E-state index contributed by atoms with van der Waals surface area (Å²) in [5.74, 6) is 2.76. The fraction of sp³-hybridized carbons (Fsp3) is 0.217. The number of alkyl halides is 2. The largest absolute Gasteiger partial charge is 0.457 e. The van der Waals surface area contributed by atoms with Crippen molar-refractivity contribution >= 4 is 25.0 Å². The molecule has 0 aliphatic rings. The molecule has 2 nitrogen and oxygen atoms in total. The van der Waals surface area contributed by atoms with E-state index in [-0.39, 0.29) is 5.75 Å². The molecule has 3 aromatic carbocycles. The Balaban J connectivity index is 1.55. The van der Waals surface area contributed by atoms with Crippen LogP contribution in [0, 0.1) is 0 Å². The van der Waals surface area contributed by atoms with Crippen molar-refractivity contribution in [2.24, 2.45) is 0 Å². The monoisotopic (exact) mass is 430 g/mol. The van der Waals surface area contributed by atoms with Crippen LogP contribution in [0.1, 0.15) is 5.56 Å². The third kappa shape index (κ3) is 6.61. The minimum Gasteiger partial charge on any atom is -0.457 e. The highest BCUT2D eigenvalue weighted by atomic mass is 32.2. The quantitative estimate of drug-likeness (QED) is 0.363. The zero-order valence-electron chi connectivity index (χ0n) is 16.5. The maximum atomic E-state index is 12.3. The summed E-state index contributed by atoms with van der Waals surface area (Å²) in [6, 6.07) is 25.0. The molecule has 3 aromatic rings. The topological polar surface area (TPSA) is 18.5 Å². The average molecular weight is 431 g/mol. The fourth-order valence-electron chi connectivity index (χ4n) is 2.92. The molecule has 3 rings (SSSR count). The molecule has 0 fully saturated rings. The van der Waals surface area contributed by atoms with Gasteiger partial charge in [-0.1, -0.05) is 60.7 Å². The highest BCUT2D eigenvalue weighted by Gasteiger charge is 2.23. The number of ether oxygens (including phenoxy) is 2. The van der Waals surface area contributed by atoms with Gasteiger partial charge in [0.2, 0.25) is 0 Å². The van der Waals surface area contributed by atoms with Gasteiger partial charge in [-0.15, -0.1) is 0 Å². The van der Waals surface area contributed by atoms with Gasteiger partial charge in [-0.3, -0.25) is 0 Å². The molecule has 0 aromatic heterocycles. The number of benzene rings is 3. The Kier molecular flexibility index (Phi) is 7.33. The lowest BCUT2D eigenvalue weighted by Crippen LogP contribution is -2.44. The van der Waals surface area contributed by atoms with E-state index in [4.69, 9.17) is 4.74 Å². The zero-order valence-corrected chi connectivity index (χ0v) is 18.3. The molecule has 29 heavy (non-hydrogen) atoms. The van der Waals surface area contributed by atoms with Crippen LogP contribution in [0.4, 0.5) is 8.78 Å². The summed E-state index contributed by atoms with van der Waals surface area (Å²) < 4.78 is 35.0. The van der Waals surface area contributed by atoms with Gasteiger partial charge >= 0.3 is 6.61 Å². The van der Waals surface area contributed by atoms with Gasteiger partial charge in [-0.2, -0.15) is 20.5 Å². The summed E-state index contributed by atoms with van der Waals surface area (Å²) in [7, 11) is -1.68. The van der Waals surface area contributed by atoms with Gasteiger partial charge in [0.05, 0.1) is 8.07 Å². The molecule has 6 heteroatoms. The molecule has 0 aliphatic carbocycles. The van der Waals surface area contributed by atoms with Gasteiger partial charge in [-0.05, 0) is 47.3 Å². The minimum atomic E-state index is -2.79. The van der Waals surface area contributed by atoms with E-state index in [1.807, 2.05) is 66.4 Å². The first-order chi connectivity index (χ1) is 13.9. The van der Waals surface area contributed by atoms with Crippen LogP contribution in [0.25, 0.3) is 0 Å². The van der Waals surface area contributed by atoms with Crippen molar-refractivity contribution in [3.05, 3.63) is 84.4 Å². The summed E-state index contributed by atoms with van der Waals surface area (Å²) in [6.45, 7) is 1.79. The Bertz CT molecular complexity index is 902. The van der Waals surface area contributed by atoms with Crippen LogP contribution in [-0.4, -0.2) is 20.1 Å². The van der Waals surface area contributed by atoms with E-state index in [1.165, 1.54) is 10.8 Å². The molecule has 0 radical (unpaired) electrons. The highest BCUT2D eigenvalue weighted by Crippen LogP contribution is 2.25. The summed E-state index contributed by atoms with van der Waals surface area (Å²) in [5.41, 5.74) is 1.22. The smallest absolute Gasteiger partial charge is 0.387 e. The average Bonchev–Trinajstić information content (AvgIpc) is 2.69. The summed E-state index contributed by atoms with van der Waals surface area (Å²) >= 11 is 1.89. The predicted molar refractivity (Wildman–Crippen MR) is 119 cm³/mol. The first kappa shape index (κ1) is 21.4. The second kappa shape index (κ2) is 9.94. The normalized spacial score (nSPS) is 11.5. The molecule has 0 amide bonds. The molecule has 0 saturated carbocycles. The lowest BCUT2D eigenvalue weighted by molar-refractivity contribution is -0.0498. The molecule has 0 N–H and O–H groups in total. The Hall–Kier alpha value is -2.31. The number of rotatable bonds is 9. The molecule has 0 aliphatic heterocycles. The van der Waals surface area contributed by atoms with E-state index in [9.17, 15) is 8.78 Å². The molecule has 152 valence electrons. The lowest BCUT2D eigenvalue weighted by Gasteiger charge is -2.23. The van der Waals surface area contributed by atoms with E-state index < -0.39 is 14.7 Å². The number of hydrogen-bond acceptors (Lipinski definition) is 3. The first-order valence-electron chi connectivity index (χ1n) is 9.37.